The lowest BCUT2D eigenvalue weighted by Gasteiger charge is -2.18. The van der Waals surface area contributed by atoms with Crippen LogP contribution in [0.2, 0.25) is 0 Å². The van der Waals surface area contributed by atoms with Crippen molar-refractivity contribution in [2.24, 2.45) is 5.10 Å². The molecule has 0 aromatic carbocycles. The number of hydrogen-bond acceptors (Lipinski definition) is 3. The predicted molar refractivity (Wildman–Crippen MR) is 43.5 cm³/mol. The van der Waals surface area contributed by atoms with Crippen LogP contribution >= 0.6 is 0 Å². The first-order valence-electron chi connectivity index (χ1n) is 3.42. The van der Waals surface area contributed by atoms with Crippen molar-refractivity contribution in [3.05, 3.63) is 0 Å². The molecular formula is C7H14N2O2. The Balaban J connectivity index is 3.70. The van der Waals surface area contributed by atoms with E-state index >= 15 is 0 Å². The average Bonchev–Trinajstić information content (AvgIpc) is 1.79. The molecule has 0 aliphatic heterocycles. The van der Waals surface area contributed by atoms with Crippen LogP contribution < -0.4 is 5.43 Å². The number of nitrogens with zero attached hydrogens (tertiary/aromatic N) is 1. The van der Waals surface area contributed by atoms with Gasteiger partial charge in [0.15, 0.2) is 0 Å². The Morgan fingerprint density at radius 1 is 1.55 bits per heavy atom. The Bertz CT molecular complexity index is 158. The molecule has 0 aliphatic carbocycles. The monoisotopic (exact) mass is 158 g/mol. The number of amides is 1. The summed E-state index contributed by atoms with van der Waals surface area (Å²) in [6.07, 6.45) is 0.944. The molecule has 0 aromatic heterocycles. The maximum absolute atomic E-state index is 10.8. The van der Waals surface area contributed by atoms with Crippen molar-refractivity contribution in [1.82, 2.24) is 5.43 Å². The first kappa shape index (κ1) is 9.94. The van der Waals surface area contributed by atoms with Gasteiger partial charge in [0.25, 0.3) is 0 Å². The summed E-state index contributed by atoms with van der Waals surface area (Å²) in [4.78, 5) is 10.8. The third kappa shape index (κ3) is 6.83. The molecule has 0 fully saturated rings. The fraction of sp³-hybridized carbons (Fsp3) is 0.714. The van der Waals surface area contributed by atoms with Gasteiger partial charge >= 0.3 is 6.09 Å². The van der Waals surface area contributed by atoms with Crippen LogP contribution in [-0.4, -0.2) is 17.9 Å². The molecule has 4 nitrogen and oxygen atoms in total. The van der Waals surface area contributed by atoms with Gasteiger partial charge in [0.2, 0.25) is 0 Å². The highest BCUT2D eigenvalue weighted by Crippen LogP contribution is 2.05. The van der Waals surface area contributed by atoms with Gasteiger partial charge in [0.05, 0.1) is 0 Å². The van der Waals surface area contributed by atoms with Crippen LogP contribution in [0.15, 0.2) is 5.10 Å². The molecule has 0 aromatic rings. The van der Waals surface area contributed by atoms with E-state index < -0.39 is 11.7 Å². The predicted octanol–water partition coefficient (Wildman–Crippen LogP) is 1.52. The summed E-state index contributed by atoms with van der Waals surface area (Å²) in [5.41, 5.74) is 1.73. The molecule has 0 aliphatic rings. The molecule has 4 heteroatoms. The molecule has 64 valence electrons. The van der Waals surface area contributed by atoms with E-state index in [1.54, 1.807) is 27.7 Å². The van der Waals surface area contributed by atoms with E-state index in [2.05, 4.69) is 10.5 Å². The van der Waals surface area contributed by atoms with E-state index in [0.717, 1.165) is 0 Å². The standard InChI is InChI=1S/C7H14N2O2/c1-5-8-9-6(10)11-7(2,3)4/h5H,1-4H3,(H,9,10)/b8-5-. The van der Waals surface area contributed by atoms with Crippen molar-refractivity contribution in [2.45, 2.75) is 33.3 Å². The number of hydrazone groups is 1. The molecule has 11 heavy (non-hydrogen) atoms. The van der Waals surface area contributed by atoms with Crippen LogP contribution in [0.5, 0.6) is 0 Å². The van der Waals surface area contributed by atoms with E-state index in [1.165, 1.54) is 6.21 Å². The zero-order valence-electron chi connectivity index (χ0n) is 7.34. The SMILES string of the molecule is C/C=N\NC(=O)OC(C)(C)C. The molecule has 1 amide bonds. The lowest BCUT2D eigenvalue weighted by Crippen LogP contribution is -2.29. The van der Waals surface area contributed by atoms with Crippen molar-refractivity contribution < 1.29 is 9.53 Å². The second kappa shape index (κ2) is 3.95. The highest BCUT2D eigenvalue weighted by atomic mass is 16.6. The minimum atomic E-state index is -0.532. The molecule has 0 heterocycles. The van der Waals surface area contributed by atoms with Gasteiger partial charge in [-0.3, -0.25) is 0 Å². The van der Waals surface area contributed by atoms with Gasteiger partial charge in [-0.05, 0) is 27.7 Å². The van der Waals surface area contributed by atoms with E-state index in [9.17, 15) is 4.79 Å². The average molecular weight is 158 g/mol. The number of hydrogen-bond donors (Lipinski definition) is 1. The Morgan fingerprint density at radius 3 is 2.45 bits per heavy atom. The minimum absolute atomic E-state index is 0.465. The Hall–Kier alpha value is -1.06. The Morgan fingerprint density at radius 2 is 2.09 bits per heavy atom. The van der Waals surface area contributed by atoms with Crippen molar-refractivity contribution in [3.8, 4) is 0 Å². The molecule has 0 radical (unpaired) electrons. The molecule has 0 saturated carbocycles. The zero-order valence-corrected chi connectivity index (χ0v) is 7.34. The zero-order chi connectivity index (χ0) is 8.91. The van der Waals surface area contributed by atoms with E-state index in [4.69, 9.17) is 4.74 Å². The Labute approximate surface area is 66.6 Å². The molecule has 0 spiro atoms. The summed E-state index contributed by atoms with van der Waals surface area (Å²) in [7, 11) is 0. The largest absolute Gasteiger partial charge is 0.443 e. The summed E-state index contributed by atoms with van der Waals surface area (Å²) >= 11 is 0. The molecule has 0 unspecified atom stereocenters. The normalized spacial score (nSPS) is 11.6. The first-order valence-corrected chi connectivity index (χ1v) is 3.42. The van der Waals surface area contributed by atoms with Gasteiger partial charge < -0.3 is 4.74 Å². The highest BCUT2D eigenvalue weighted by Gasteiger charge is 2.14. The summed E-state index contributed by atoms with van der Waals surface area (Å²) in [6, 6.07) is 0. The van der Waals surface area contributed by atoms with Crippen LogP contribution in [-0.2, 0) is 4.74 Å². The summed E-state index contributed by atoms with van der Waals surface area (Å²) in [5, 5.41) is 3.51. The van der Waals surface area contributed by atoms with Gasteiger partial charge in [-0.15, -0.1) is 0 Å². The van der Waals surface area contributed by atoms with Gasteiger partial charge in [-0.25, -0.2) is 10.2 Å². The summed E-state index contributed by atoms with van der Waals surface area (Å²) in [5.74, 6) is 0. The maximum Gasteiger partial charge on any atom is 0.428 e. The van der Waals surface area contributed by atoms with Crippen molar-refractivity contribution in [3.63, 3.8) is 0 Å². The second-order valence-corrected chi connectivity index (χ2v) is 3.00. The van der Waals surface area contributed by atoms with Crippen LogP contribution in [0.1, 0.15) is 27.7 Å². The fourth-order valence-corrected chi connectivity index (χ4v) is 0.418. The quantitative estimate of drug-likeness (QED) is 0.464. The number of rotatable bonds is 1. The molecule has 0 saturated heterocycles. The maximum atomic E-state index is 10.8. The highest BCUT2D eigenvalue weighted by molar-refractivity contribution is 5.68. The topological polar surface area (TPSA) is 50.7 Å². The van der Waals surface area contributed by atoms with Crippen molar-refractivity contribution in [1.29, 1.82) is 0 Å². The molecule has 1 N–H and O–H groups in total. The Kier molecular flexibility index (Phi) is 3.57. The van der Waals surface area contributed by atoms with Crippen molar-refractivity contribution >= 4 is 12.3 Å². The van der Waals surface area contributed by atoms with Gasteiger partial charge in [-0.2, -0.15) is 5.10 Å². The lowest BCUT2D eigenvalue weighted by molar-refractivity contribution is 0.0529. The second-order valence-electron chi connectivity index (χ2n) is 3.00. The smallest absolute Gasteiger partial charge is 0.428 e. The van der Waals surface area contributed by atoms with Gasteiger partial charge in [0, 0.05) is 6.21 Å². The molecular weight excluding hydrogens is 144 g/mol. The van der Waals surface area contributed by atoms with E-state index in [-0.39, 0.29) is 0 Å². The molecule has 0 bridgehead atoms. The van der Waals surface area contributed by atoms with Crippen LogP contribution in [0.4, 0.5) is 4.79 Å². The van der Waals surface area contributed by atoms with Gasteiger partial charge in [0.1, 0.15) is 5.60 Å². The molecule has 0 rings (SSSR count). The number of carbonyl (C=O) groups excluding carboxylic acids is 1. The number of carbonyl (C=O) groups is 1. The first-order chi connectivity index (χ1) is 4.95. The van der Waals surface area contributed by atoms with Crippen LogP contribution in [0.25, 0.3) is 0 Å². The van der Waals surface area contributed by atoms with Gasteiger partial charge in [-0.1, -0.05) is 0 Å². The van der Waals surface area contributed by atoms with Crippen LogP contribution in [0.3, 0.4) is 0 Å². The van der Waals surface area contributed by atoms with E-state index in [1.807, 2.05) is 0 Å². The minimum Gasteiger partial charge on any atom is -0.443 e. The van der Waals surface area contributed by atoms with E-state index in [0.29, 0.717) is 0 Å². The van der Waals surface area contributed by atoms with Crippen LogP contribution in [0, 0.1) is 0 Å². The summed E-state index contributed by atoms with van der Waals surface area (Å²) < 4.78 is 4.88. The third-order valence-electron chi connectivity index (χ3n) is 0.684. The fourth-order valence-electron chi connectivity index (χ4n) is 0.418. The summed E-state index contributed by atoms with van der Waals surface area (Å²) in [6.45, 7) is 7.09. The third-order valence-corrected chi connectivity index (χ3v) is 0.684. The lowest BCUT2D eigenvalue weighted by atomic mass is 10.2. The number of nitrogens with one attached hydrogen (secondary N) is 1. The van der Waals surface area contributed by atoms with Crippen molar-refractivity contribution in [2.75, 3.05) is 0 Å². The number of ether oxygens (including phenoxy) is 1. The molecule has 0 atom stereocenters.